The number of rotatable bonds is 5. The Hall–Kier alpha value is -2.99. The summed E-state index contributed by atoms with van der Waals surface area (Å²) in [6.07, 6.45) is 3.51. The summed E-state index contributed by atoms with van der Waals surface area (Å²) in [6, 6.07) is 14.5. The van der Waals surface area contributed by atoms with Crippen LogP contribution >= 0.6 is 11.3 Å². The van der Waals surface area contributed by atoms with Crippen molar-refractivity contribution in [3.05, 3.63) is 65.9 Å². The van der Waals surface area contributed by atoms with E-state index in [2.05, 4.69) is 43.8 Å². The van der Waals surface area contributed by atoms with E-state index in [1.807, 2.05) is 49.5 Å². The molecule has 0 aliphatic rings. The normalized spacial score (nSPS) is 10.8. The molecule has 3 heterocycles. The number of anilines is 2. The predicted octanol–water partition coefficient (Wildman–Crippen LogP) is 4.43. The van der Waals surface area contributed by atoms with Gasteiger partial charge < -0.3 is 10.2 Å². The van der Waals surface area contributed by atoms with Gasteiger partial charge in [0.15, 0.2) is 0 Å². The van der Waals surface area contributed by atoms with Gasteiger partial charge in [0.1, 0.15) is 22.8 Å². The van der Waals surface area contributed by atoms with E-state index in [1.165, 1.54) is 5.56 Å². The molecule has 0 saturated carbocycles. The molecule has 0 unspecified atom stereocenters. The van der Waals surface area contributed by atoms with Crippen molar-refractivity contribution in [2.24, 2.45) is 0 Å². The molecular formula is C20H19N5S. The first-order valence-electron chi connectivity index (χ1n) is 8.36. The van der Waals surface area contributed by atoms with E-state index < -0.39 is 0 Å². The summed E-state index contributed by atoms with van der Waals surface area (Å²) in [5.41, 5.74) is 3.45. The van der Waals surface area contributed by atoms with Crippen LogP contribution in [-0.4, -0.2) is 29.0 Å². The molecule has 0 bridgehead atoms. The minimum atomic E-state index is 0.664. The number of benzene rings is 1. The maximum absolute atomic E-state index is 4.48. The lowest BCUT2D eigenvalue weighted by molar-refractivity contribution is 1.04. The van der Waals surface area contributed by atoms with E-state index in [-0.39, 0.29) is 0 Å². The first-order valence-corrected chi connectivity index (χ1v) is 9.24. The fraction of sp³-hybridized carbons (Fsp3) is 0.150. The van der Waals surface area contributed by atoms with Crippen LogP contribution in [0.1, 0.15) is 5.56 Å². The lowest BCUT2D eigenvalue weighted by Crippen LogP contribution is -2.10. The third kappa shape index (κ3) is 3.23. The molecule has 26 heavy (non-hydrogen) atoms. The molecule has 0 amide bonds. The van der Waals surface area contributed by atoms with Gasteiger partial charge >= 0.3 is 0 Å². The van der Waals surface area contributed by atoms with Crippen LogP contribution in [0.4, 0.5) is 11.6 Å². The van der Waals surface area contributed by atoms with Gasteiger partial charge in [0.25, 0.3) is 0 Å². The molecule has 3 aromatic heterocycles. The van der Waals surface area contributed by atoms with Gasteiger partial charge in [0, 0.05) is 37.8 Å². The number of pyridine rings is 1. The molecule has 0 radical (unpaired) electrons. The topological polar surface area (TPSA) is 53.9 Å². The summed E-state index contributed by atoms with van der Waals surface area (Å²) in [5.74, 6) is 1.80. The molecule has 4 rings (SSSR count). The van der Waals surface area contributed by atoms with Crippen LogP contribution in [-0.2, 0) is 6.54 Å². The van der Waals surface area contributed by atoms with Crippen molar-refractivity contribution in [1.29, 1.82) is 0 Å². The van der Waals surface area contributed by atoms with E-state index in [0.717, 1.165) is 33.0 Å². The predicted molar refractivity (Wildman–Crippen MR) is 109 cm³/mol. The Morgan fingerprint density at radius 1 is 1.00 bits per heavy atom. The molecule has 1 N–H and O–H groups in total. The van der Waals surface area contributed by atoms with Gasteiger partial charge in [-0.25, -0.2) is 15.0 Å². The number of nitrogens with zero attached hydrogens (tertiary/aromatic N) is 4. The smallest absolute Gasteiger partial charge is 0.139 e. The second-order valence-corrected chi connectivity index (χ2v) is 7.05. The molecule has 1 aromatic carbocycles. The van der Waals surface area contributed by atoms with Gasteiger partial charge in [-0.15, -0.1) is 11.3 Å². The second kappa shape index (κ2) is 7.09. The molecule has 130 valence electrons. The molecule has 0 aliphatic heterocycles. The minimum absolute atomic E-state index is 0.664. The third-order valence-corrected chi connectivity index (χ3v) is 5.07. The Morgan fingerprint density at radius 3 is 2.58 bits per heavy atom. The van der Waals surface area contributed by atoms with Crippen LogP contribution in [0.2, 0.25) is 0 Å². The van der Waals surface area contributed by atoms with Gasteiger partial charge in [0.2, 0.25) is 0 Å². The summed E-state index contributed by atoms with van der Waals surface area (Å²) < 4.78 is 0. The summed E-state index contributed by atoms with van der Waals surface area (Å²) in [4.78, 5) is 16.3. The van der Waals surface area contributed by atoms with Crippen molar-refractivity contribution in [2.75, 3.05) is 24.3 Å². The number of hydrogen-bond acceptors (Lipinski definition) is 6. The Balaban J connectivity index is 1.63. The summed E-state index contributed by atoms with van der Waals surface area (Å²) in [5, 5.41) is 6.67. The van der Waals surface area contributed by atoms with Crippen molar-refractivity contribution >= 4 is 33.2 Å². The van der Waals surface area contributed by atoms with E-state index in [0.29, 0.717) is 6.54 Å². The van der Waals surface area contributed by atoms with Crippen LogP contribution in [0.5, 0.6) is 0 Å². The van der Waals surface area contributed by atoms with E-state index in [9.17, 15) is 0 Å². The highest BCUT2D eigenvalue weighted by atomic mass is 32.1. The van der Waals surface area contributed by atoms with Gasteiger partial charge in [-0.05, 0) is 17.2 Å². The van der Waals surface area contributed by atoms with Crippen LogP contribution < -0.4 is 10.2 Å². The highest BCUT2D eigenvalue weighted by molar-refractivity contribution is 7.17. The van der Waals surface area contributed by atoms with Crippen molar-refractivity contribution in [3.63, 3.8) is 0 Å². The van der Waals surface area contributed by atoms with E-state index >= 15 is 0 Å². The zero-order chi connectivity index (χ0) is 17.9. The summed E-state index contributed by atoms with van der Waals surface area (Å²) in [7, 11) is 3.97. The second-order valence-electron chi connectivity index (χ2n) is 6.19. The Morgan fingerprint density at radius 2 is 1.85 bits per heavy atom. The number of hydrogen-bond donors (Lipinski definition) is 1. The molecule has 0 saturated heterocycles. The lowest BCUT2D eigenvalue weighted by atomic mass is 10.1. The Kier molecular flexibility index (Phi) is 4.50. The van der Waals surface area contributed by atoms with Crippen LogP contribution in [0.15, 0.2) is 60.4 Å². The van der Waals surface area contributed by atoms with Gasteiger partial charge in [0.05, 0.1) is 5.39 Å². The zero-order valence-electron chi connectivity index (χ0n) is 14.7. The van der Waals surface area contributed by atoms with Crippen molar-refractivity contribution in [1.82, 2.24) is 15.0 Å². The maximum atomic E-state index is 4.48. The number of thiophene rings is 1. The zero-order valence-corrected chi connectivity index (χ0v) is 15.5. The largest absolute Gasteiger partial charge is 0.365 e. The number of nitrogens with one attached hydrogen (secondary N) is 1. The van der Waals surface area contributed by atoms with Gasteiger partial charge in [-0.2, -0.15) is 0 Å². The molecule has 4 aromatic rings. The molecule has 0 spiro atoms. The van der Waals surface area contributed by atoms with Gasteiger partial charge in [-0.1, -0.05) is 36.4 Å². The molecule has 5 nitrogen and oxygen atoms in total. The van der Waals surface area contributed by atoms with Gasteiger partial charge in [-0.3, -0.25) is 0 Å². The standard InChI is InChI=1S/C20H19N5S/c1-25(2)17-9-8-14(10-21-17)11-22-19-18-16(15-6-4-3-5-7-15)12-26-20(18)24-13-23-19/h3-10,12-13H,11H2,1-2H3,(H,22,23,24). The summed E-state index contributed by atoms with van der Waals surface area (Å²) in [6.45, 7) is 0.664. The molecule has 0 fully saturated rings. The first-order chi connectivity index (χ1) is 12.7. The highest BCUT2D eigenvalue weighted by Gasteiger charge is 2.12. The van der Waals surface area contributed by atoms with Crippen LogP contribution in [0.3, 0.4) is 0 Å². The van der Waals surface area contributed by atoms with Crippen molar-refractivity contribution in [2.45, 2.75) is 6.54 Å². The highest BCUT2D eigenvalue weighted by Crippen LogP contribution is 2.36. The average molecular weight is 361 g/mol. The molecule has 6 heteroatoms. The first kappa shape index (κ1) is 16.5. The Labute approximate surface area is 156 Å². The third-order valence-electron chi connectivity index (χ3n) is 4.18. The average Bonchev–Trinajstić information content (AvgIpc) is 3.12. The fourth-order valence-electron chi connectivity index (χ4n) is 2.81. The molecule has 0 atom stereocenters. The lowest BCUT2D eigenvalue weighted by Gasteiger charge is -2.12. The van der Waals surface area contributed by atoms with E-state index in [1.54, 1.807) is 17.7 Å². The van der Waals surface area contributed by atoms with Crippen molar-refractivity contribution in [3.8, 4) is 11.1 Å². The molecular weight excluding hydrogens is 342 g/mol. The summed E-state index contributed by atoms with van der Waals surface area (Å²) >= 11 is 1.64. The van der Waals surface area contributed by atoms with Crippen LogP contribution in [0, 0.1) is 0 Å². The number of aromatic nitrogens is 3. The molecule has 0 aliphatic carbocycles. The quantitative estimate of drug-likeness (QED) is 0.570. The van der Waals surface area contributed by atoms with Crippen LogP contribution in [0.25, 0.3) is 21.3 Å². The number of fused-ring (bicyclic) bond motifs is 1. The Bertz CT molecular complexity index is 1010. The SMILES string of the molecule is CN(C)c1ccc(CNc2ncnc3scc(-c4ccccc4)c23)cn1. The fourth-order valence-corrected chi connectivity index (χ4v) is 3.73. The maximum Gasteiger partial charge on any atom is 0.139 e. The monoisotopic (exact) mass is 361 g/mol. The minimum Gasteiger partial charge on any atom is -0.365 e. The van der Waals surface area contributed by atoms with Crippen molar-refractivity contribution < 1.29 is 0 Å². The van der Waals surface area contributed by atoms with E-state index in [4.69, 9.17) is 0 Å².